The zero-order valence-corrected chi connectivity index (χ0v) is 15.1. The van der Waals surface area contributed by atoms with E-state index < -0.39 is 0 Å². The number of hydrogen-bond donors (Lipinski definition) is 1. The molecule has 0 bridgehead atoms. The van der Waals surface area contributed by atoms with Crippen molar-refractivity contribution in [3.63, 3.8) is 0 Å². The van der Waals surface area contributed by atoms with Crippen molar-refractivity contribution in [2.75, 3.05) is 33.9 Å². The smallest absolute Gasteiger partial charge is 0.255 e. The van der Waals surface area contributed by atoms with Gasteiger partial charge in [0, 0.05) is 13.1 Å². The third kappa shape index (κ3) is 4.32. The number of methoxy groups -OCH3 is 2. The molecule has 0 aliphatic carbocycles. The highest BCUT2D eigenvalue weighted by Gasteiger charge is 2.23. The first-order valence-electron chi connectivity index (χ1n) is 8.68. The summed E-state index contributed by atoms with van der Waals surface area (Å²) in [5.41, 5.74) is 0.478. The Balaban J connectivity index is 1.56. The molecule has 140 valence electrons. The fraction of sp³-hybridized carbons (Fsp3) is 0.500. The first-order chi connectivity index (χ1) is 12.7. The zero-order chi connectivity index (χ0) is 18.4. The van der Waals surface area contributed by atoms with Gasteiger partial charge in [0.25, 0.3) is 5.91 Å². The van der Waals surface area contributed by atoms with Crippen molar-refractivity contribution in [3.05, 3.63) is 36.0 Å². The number of piperidine rings is 1. The van der Waals surface area contributed by atoms with Crippen LogP contribution in [-0.4, -0.2) is 54.8 Å². The Morgan fingerprint density at radius 3 is 3.00 bits per heavy atom. The molecule has 1 N–H and O–H groups in total. The van der Waals surface area contributed by atoms with Crippen molar-refractivity contribution in [2.45, 2.75) is 19.4 Å². The maximum Gasteiger partial charge on any atom is 0.255 e. The lowest BCUT2D eigenvalue weighted by Gasteiger charge is -2.31. The van der Waals surface area contributed by atoms with Gasteiger partial charge in [0.05, 0.1) is 26.3 Å². The lowest BCUT2D eigenvalue weighted by atomic mass is 9.98. The molecule has 0 radical (unpaired) electrons. The van der Waals surface area contributed by atoms with Crippen LogP contribution < -0.4 is 14.8 Å². The Kier molecular flexibility index (Phi) is 6.06. The van der Waals surface area contributed by atoms with Gasteiger partial charge in [0.15, 0.2) is 17.3 Å². The third-order valence-corrected chi connectivity index (χ3v) is 4.57. The summed E-state index contributed by atoms with van der Waals surface area (Å²) in [6.45, 7) is 3.18. The maximum atomic E-state index is 12.6. The van der Waals surface area contributed by atoms with E-state index in [2.05, 4.69) is 20.4 Å². The Hall–Kier alpha value is -2.61. The Bertz CT molecular complexity index is 720. The van der Waals surface area contributed by atoms with Gasteiger partial charge < -0.3 is 19.3 Å². The van der Waals surface area contributed by atoms with E-state index >= 15 is 0 Å². The van der Waals surface area contributed by atoms with Crippen molar-refractivity contribution >= 4 is 5.91 Å². The van der Waals surface area contributed by atoms with Crippen LogP contribution in [0.5, 0.6) is 11.5 Å². The summed E-state index contributed by atoms with van der Waals surface area (Å²) in [6, 6.07) is 5.29. The predicted molar refractivity (Wildman–Crippen MR) is 94.2 cm³/mol. The number of aromatic nitrogens is 2. The number of hydrogen-bond acceptors (Lipinski definition) is 7. The normalized spacial score (nSPS) is 17.7. The lowest BCUT2D eigenvalue weighted by molar-refractivity contribution is 0.0926. The number of likely N-dealkylation sites (tertiary alicyclic amines) is 1. The van der Waals surface area contributed by atoms with Crippen LogP contribution in [0, 0.1) is 5.92 Å². The minimum Gasteiger partial charge on any atom is -0.493 e. The van der Waals surface area contributed by atoms with Crippen LogP contribution in [0.15, 0.2) is 29.1 Å². The number of benzene rings is 1. The molecule has 3 rings (SSSR count). The van der Waals surface area contributed by atoms with Gasteiger partial charge in [-0.25, -0.2) is 0 Å². The molecule has 8 heteroatoms. The summed E-state index contributed by atoms with van der Waals surface area (Å²) < 4.78 is 15.4. The summed E-state index contributed by atoms with van der Waals surface area (Å²) in [5, 5.41) is 6.88. The topological polar surface area (TPSA) is 89.7 Å². The molecule has 1 saturated heterocycles. The number of carbonyl (C=O) groups excluding carboxylic acids is 1. The predicted octanol–water partition coefficient (Wildman–Crippen LogP) is 1.73. The van der Waals surface area contributed by atoms with Gasteiger partial charge in [-0.1, -0.05) is 11.2 Å². The fourth-order valence-electron chi connectivity index (χ4n) is 3.32. The van der Waals surface area contributed by atoms with Crippen molar-refractivity contribution in [3.8, 4) is 11.5 Å². The molecule has 0 unspecified atom stereocenters. The first-order valence-corrected chi connectivity index (χ1v) is 8.68. The summed E-state index contributed by atoms with van der Waals surface area (Å²) in [5.74, 6) is 1.92. The van der Waals surface area contributed by atoms with Crippen LogP contribution in [-0.2, 0) is 6.54 Å². The fourth-order valence-corrected chi connectivity index (χ4v) is 3.32. The number of nitrogens with one attached hydrogen (secondary N) is 1. The maximum absolute atomic E-state index is 12.6. The van der Waals surface area contributed by atoms with Crippen LogP contribution in [0.3, 0.4) is 0 Å². The first kappa shape index (κ1) is 18.2. The van der Waals surface area contributed by atoms with Crippen molar-refractivity contribution in [1.29, 1.82) is 0 Å². The number of nitrogens with zero attached hydrogens (tertiary/aromatic N) is 3. The van der Waals surface area contributed by atoms with E-state index in [-0.39, 0.29) is 5.91 Å². The highest BCUT2D eigenvalue weighted by atomic mass is 16.5. The van der Waals surface area contributed by atoms with Gasteiger partial charge in [-0.05, 0) is 37.4 Å². The van der Waals surface area contributed by atoms with Gasteiger partial charge in [0.1, 0.15) is 0 Å². The van der Waals surface area contributed by atoms with Gasteiger partial charge in [-0.15, -0.1) is 0 Å². The van der Waals surface area contributed by atoms with Crippen molar-refractivity contribution in [1.82, 2.24) is 20.4 Å². The highest BCUT2D eigenvalue weighted by molar-refractivity contribution is 5.97. The number of carbonyl (C=O) groups is 1. The quantitative estimate of drug-likeness (QED) is 0.804. The van der Waals surface area contributed by atoms with Crippen LogP contribution in [0.1, 0.15) is 29.0 Å². The van der Waals surface area contributed by atoms with E-state index in [0.717, 1.165) is 25.9 Å². The number of para-hydroxylation sites is 1. The van der Waals surface area contributed by atoms with Crippen molar-refractivity contribution < 1.29 is 18.8 Å². The lowest BCUT2D eigenvalue weighted by Crippen LogP contribution is -2.40. The van der Waals surface area contributed by atoms with Crippen LogP contribution in [0.2, 0.25) is 0 Å². The Morgan fingerprint density at radius 2 is 2.27 bits per heavy atom. The molecule has 1 amide bonds. The largest absolute Gasteiger partial charge is 0.493 e. The van der Waals surface area contributed by atoms with Crippen LogP contribution in [0.25, 0.3) is 0 Å². The second-order valence-corrected chi connectivity index (χ2v) is 6.34. The van der Waals surface area contributed by atoms with E-state index in [0.29, 0.717) is 41.9 Å². The van der Waals surface area contributed by atoms with E-state index in [1.54, 1.807) is 25.3 Å². The third-order valence-electron chi connectivity index (χ3n) is 4.57. The summed E-state index contributed by atoms with van der Waals surface area (Å²) >= 11 is 0. The molecule has 1 aliphatic rings. The van der Waals surface area contributed by atoms with Gasteiger partial charge in [-0.2, -0.15) is 4.98 Å². The minimum absolute atomic E-state index is 0.156. The molecule has 1 aromatic heterocycles. The minimum atomic E-state index is -0.156. The van der Waals surface area contributed by atoms with Crippen LogP contribution in [0.4, 0.5) is 0 Å². The Labute approximate surface area is 152 Å². The average molecular weight is 360 g/mol. The zero-order valence-electron chi connectivity index (χ0n) is 15.1. The summed E-state index contributed by atoms with van der Waals surface area (Å²) in [4.78, 5) is 18.9. The monoisotopic (exact) mass is 360 g/mol. The van der Waals surface area contributed by atoms with E-state index in [4.69, 9.17) is 14.0 Å². The SMILES string of the molecule is COc1cccc(C(=O)NC[C@@H]2CCCN(Cc3ncon3)C2)c1OC. The molecular weight excluding hydrogens is 336 g/mol. The molecule has 8 nitrogen and oxygen atoms in total. The summed E-state index contributed by atoms with van der Waals surface area (Å²) in [7, 11) is 3.09. The molecule has 2 aromatic rings. The number of rotatable bonds is 7. The van der Waals surface area contributed by atoms with Gasteiger partial charge >= 0.3 is 0 Å². The average Bonchev–Trinajstić information content (AvgIpc) is 3.18. The number of ether oxygens (including phenoxy) is 2. The standard InChI is InChI=1S/C18H24N4O4/c1-24-15-7-3-6-14(17(15)25-2)18(23)19-9-13-5-4-8-22(10-13)11-16-20-12-26-21-16/h3,6-7,12-13H,4-5,8-11H2,1-2H3,(H,19,23)/t13-/m0/s1. The summed E-state index contributed by atoms with van der Waals surface area (Å²) in [6.07, 6.45) is 3.51. The van der Waals surface area contributed by atoms with Gasteiger partial charge in [0.2, 0.25) is 6.39 Å². The van der Waals surface area contributed by atoms with E-state index in [1.165, 1.54) is 13.5 Å². The molecule has 0 spiro atoms. The van der Waals surface area contributed by atoms with E-state index in [9.17, 15) is 4.79 Å². The van der Waals surface area contributed by atoms with Crippen LogP contribution >= 0.6 is 0 Å². The number of amides is 1. The molecule has 1 fully saturated rings. The van der Waals surface area contributed by atoms with Crippen molar-refractivity contribution in [2.24, 2.45) is 5.92 Å². The molecule has 1 aromatic carbocycles. The molecule has 1 aliphatic heterocycles. The molecule has 0 saturated carbocycles. The molecule has 2 heterocycles. The molecule has 26 heavy (non-hydrogen) atoms. The van der Waals surface area contributed by atoms with Gasteiger partial charge in [-0.3, -0.25) is 9.69 Å². The Morgan fingerprint density at radius 1 is 1.38 bits per heavy atom. The second-order valence-electron chi connectivity index (χ2n) is 6.34. The highest BCUT2D eigenvalue weighted by Crippen LogP contribution is 2.30. The molecule has 1 atom stereocenters. The second kappa shape index (κ2) is 8.66. The van der Waals surface area contributed by atoms with E-state index in [1.807, 2.05) is 0 Å². The molecular formula is C18H24N4O4.